The van der Waals surface area contributed by atoms with E-state index in [1.807, 2.05) is 36.4 Å². The van der Waals surface area contributed by atoms with E-state index in [0.29, 0.717) is 0 Å². The highest BCUT2D eigenvalue weighted by Crippen LogP contribution is 2.23. The zero-order valence-electron chi connectivity index (χ0n) is 7.91. The van der Waals surface area contributed by atoms with Crippen LogP contribution in [0, 0.1) is 12.0 Å². The molecule has 1 rings (SSSR count). The van der Waals surface area contributed by atoms with Crippen LogP contribution in [0.15, 0.2) is 36.6 Å². The molecule has 1 heteroatoms. The quantitative estimate of drug-likeness (QED) is 0.528. The zero-order valence-corrected chi connectivity index (χ0v) is 7.91. The standard InChI is InChI=1S/C11H15N/c1-11(2)8-6-4-5-7-9-12(3)10-11/h4-9H,1-3H3/b5-4-,8-6-,9-7-. The van der Waals surface area contributed by atoms with E-state index in [9.17, 15) is 0 Å². The monoisotopic (exact) mass is 161 g/mol. The Kier molecular flexibility index (Phi) is 2.74. The summed E-state index contributed by atoms with van der Waals surface area (Å²) in [6, 6.07) is 0. The van der Waals surface area contributed by atoms with Crippen LogP contribution in [0.4, 0.5) is 0 Å². The molecule has 1 aliphatic rings. The van der Waals surface area contributed by atoms with Crippen LogP contribution in [0.3, 0.4) is 0 Å². The van der Waals surface area contributed by atoms with Gasteiger partial charge in [-0.25, -0.2) is 0 Å². The highest BCUT2D eigenvalue weighted by Gasteiger charge is 2.16. The van der Waals surface area contributed by atoms with E-state index in [1.165, 1.54) is 0 Å². The molecule has 1 aliphatic heterocycles. The Morgan fingerprint density at radius 3 is 2.50 bits per heavy atom. The molecular formula is C11H15N. The summed E-state index contributed by atoms with van der Waals surface area (Å²) < 4.78 is 0. The van der Waals surface area contributed by atoms with Crippen LogP contribution >= 0.6 is 0 Å². The molecule has 0 atom stereocenters. The fraction of sp³-hybridized carbons (Fsp3) is 0.364. The van der Waals surface area contributed by atoms with Crippen molar-refractivity contribution in [2.24, 2.45) is 5.41 Å². The molecule has 0 N–H and O–H groups in total. The number of allylic oxidation sites excluding steroid dienone is 4. The Bertz CT molecular complexity index is 221. The first-order chi connectivity index (χ1) is 5.60. The van der Waals surface area contributed by atoms with Gasteiger partial charge in [0.2, 0.25) is 0 Å². The predicted molar refractivity (Wildman–Crippen MR) is 52.2 cm³/mol. The van der Waals surface area contributed by atoms with Crippen LogP contribution < -0.4 is 0 Å². The third-order valence-corrected chi connectivity index (χ3v) is 1.62. The SMILES string of the molecule is CN1[C]C(C)(C)\C=C/C=C\C=C/1. The lowest BCUT2D eigenvalue weighted by Crippen LogP contribution is -2.19. The van der Waals surface area contributed by atoms with Gasteiger partial charge in [-0.1, -0.05) is 38.2 Å². The molecule has 0 aromatic heterocycles. The minimum atomic E-state index is 0.00771. The second-order valence-corrected chi connectivity index (χ2v) is 3.53. The Labute approximate surface area is 75.1 Å². The van der Waals surface area contributed by atoms with Crippen molar-refractivity contribution in [1.29, 1.82) is 0 Å². The third kappa shape index (κ3) is 2.95. The molecule has 0 amide bonds. The van der Waals surface area contributed by atoms with E-state index < -0.39 is 0 Å². The molecule has 0 unspecified atom stereocenters. The molecular weight excluding hydrogens is 146 g/mol. The van der Waals surface area contributed by atoms with Gasteiger partial charge in [0, 0.05) is 12.5 Å². The summed E-state index contributed by atoms with van der Waals surface area (Å²) in [6.07, 6.45) is 12.2. The first-order valence-electron chi connectivity index (χ1n) is 4.13. The van der Waals surface area contributed by atoms with Gasteiger partial charge >= 0.3 is 0 Å². The second-order valence-electron chi connectivity index (χ2n) is 3.53. The molecule has 0 saturated carbocycles. The summed E-state index contributed by atoms with van der Waals surface area (Å²) in [7, 11) is 1.99. The van der Waals surface area contributed by atoms with Crippen molar-refractivity contribution in [3.05, 3.63) is 43.1 Å². The fourth-order valence-electron chi connectivity index (χ4n) is 1.13. The molecule has 0 saturated heterocycles. The summed E-state index contributed by atoms with van der Waals surface area (Å²) in [5.41, 5.74) is 0.00771. The molecule has 0 aromatic carbocycles. The van der Waals surface area contributed by atoms with Crippen molar-refractivity contribution in [1.82, 2.24) is 4.90 Å². The van der Waals surface area contributed by atoms with Crippen LogP contribution in [0.5, 0.6) is 0 Å². The highest BCUT2D eigenvalue weighted by molar-refractivity contribution is 5.17. The highest BCUT2D eigenvalue weighted by atomic mass is 15.1. The lowest BCUT2D eigenvalue weighted by atomic mass is 9.92. The normalized spacial score (nSPS) is 29.8. The van der Waals surface area contributed by atoms with Gasteiger partial charge in [0.1, 0.15) is 6.54 Å². The molecule has 64 valence electrons. The molecule has 0 aliphatic carbocycles. The number of hydrogen-bond acceptors (Lipinski definition) is 1. The molecule has 0 bridgehead atoms. The van der Waals surface area contributed by atoms with Crippen LogP contribution in [0.2, 0.25) is 0 Å². The summed E-state index contributed by atoms with van der Waals surface area (Å²) in [4.78, 5) is 1.96. The summed E-state index contributed by atoms with van der Waals surface area (Å²) in [6.45, 7) is 7.58. The molecule has 0 spiro atoms. The molecule has 12 heavy (non-hydrogen) atoms. The van der Waals surface area contributed by atoms with Crippen molar-refractivity contribution < 1.29 is 0 Å². The van der Waals surface area contributed by atoms with Crippen molar-refractivity contribution in [2.45, 2.75) is 13.8 Å². The van der Waals surface area contributed by atoms with Crippen molar-refractivity contribution in [3.63, 3.8) is 0 Å². The molecule has 1 nitrogen and oxygen atoms in total. The van der Waals surface area contributed by atoms with Gasteiger partial charge in [-0.2, -0.15) is 0 Å². The van der Waals surface area contributed by atoms with Gasteiger partial charge < -0.3 is 4.90 Å². The Balaban J connectivity index is 2.78. The minimum absolute atomic E-state index is 0.00771. The van der Waals surface area contributed by atoms with E-state index in [-0.39, 0.29) is 5.41 Å². The van der Waals surface area contributed by atoms with E-state index in [0.717, 1.165) is 0 Å². The smallest absolute Gasteiger partial charge is 0.101 e. The maximum atomic E-state index is 3.32. The van der Waals surface area contributed by atoms with E-state index in [1.54, 1.807) is 0 Å². The van der Waals surface area contributed by atoms with Crippen LogP contribution in [0.1, 0.15) is 13.8 Å². The Morgan fingerprint density at radius 1 is 1.08 bits per heavy atom. The first kappa shape index (κ1) is 9.11. The maximum Gasteiger partial charge on any atom is 0.101 e. The second kappa shape index (κ2) is 3.61. The number of rotatable bonds is 0. The van der Waals surface area contributed by atoms with Gasteiger partial charge in [-0.3, -0.25) is 0 Å². The maximum absolute atomic E-state index is 3.32. The molecule has 0 aromatic rings. The molecule has 2 radical (unpaired) electrons. The largest absolute Gasteiger partial charge is 0.369 e. The number of hydrogen-bond donors (Lipinski definition) is 0. The zero-order chi connectivity index (χ0) is 9.03. The summed E-state index contributed by atoms with van der Waals surface area (Å²) >= 11 is 0. The Morgan fingerprint density at radius 2 is 1.75 bits per heavy atom. The van der Waals surface area contributed by atoms with Crippen LogP contribution in [-0.2, 0) is 0 Å². The van der Waals surface area contributed by atoms with Gasteiger partial charge in [0.05, 0.1) is 0 Å². The van der Waals surface area contributed by atoms with Crippen molar-refractivity contribution >= 4 is 0 Å². The van der Waals surface area contributed by atoms with Gasteiger partial charge in [0.15, 0.2) is 0 Å². The molecule has 0 fully saturated rings. The third-order valence-electron chi connectivity index (χ3n) is 1.62. The fourth-order valence-corrected chi connectivity index (χ4v) is 1.13. The minimum Gasteiger partial charge on any atom is -0.369 e. The average molecular weight is 161 g/mol. The first-order valence-corrected chi connectivity index (χ1v) is 4.13. The predicted octanol–water partition coefficient (Wildman–Crippen LogP) is 2.62. The van der Waals surface area contributed by atoms with Gasteiger partial charge in [-0.05, 0) is 12.3 Å². The van der Waals surface area contributed by atoms with Crippen molar-refractivity contribution in [2.75, 3.05) is 7.05 Å². The van der Waals surface area contributed by atoms with Crippen LogP contribution in [-0.4, -0.2) is 11.9 Å². The van der Waals surface area contributed by atoms with E-state index in [2.05, 4.69) is 32.5 Å². The topological polar surface area (TPSA) is 3.24 Å². The van der Waals surface area contributed by atoms with E-state index >= 15 is 0 Å². The van der Waals surface area contributed by atoms with E-state index in [4.69, 9.17) is 0 Å². The van der Waals surface area contributed by atoms with Crippen molar-refractivity contribution in [3.8, 4) is 0 Å². The van der Waals surface area contributed by atoms with Gasteiger partial charge in [-0.15, -0.1) is 0 Å². The number of nitrogens with zero attached hydrogens (tertiary/aromatic N) is 1. The average Bonchev–Trinajstić information content (AvgIpc) is 1.99. The summed E-state index contributed by atoms with van der Waals surface area (Å²) in [5.74, 6) is 0. The van der Waals surface area contributed by atoms with Gasteiger partial charge in [0.25, 0.3) is 0 Å². The Hall–Kier alpha value is -0.980. The summed E-state index contributed by atoms with van der Waals surface area (Å²) in [5, 5.41) is 0. The molecule has 1 heterocycles. The lowest BCUT2D eigenvalue weighted by molar-refractivity contribution is 0.403. The van der Waals surface area contributed by atoms with Crippen LogP contribution in [0.25, 0.3) is 0 Å². The lowest BCUT2D eigenvalue weighted by Gasteiger charge is -2.24.